The molecule has 0 atom stereocenters. The molecule has 3 aliphatic rings. The fourth-order valence-corrected chi connectivity index (χ4v) is 10.5. The predicted octanol–water partition coefficient (Wildman–Crippen LogP) is 14.1. The zero-order chi connectivity index (χ0) is 37.1. The minimum Gasteiger partial charge on any atom is -0.310 e. The van der Waals surface area contributed by atoms with Gasteiger partial charge in [-0.1, -0.05) is 171 Å². The van der Waals surface area contributed by atoms with Crippen LogP contribution in [-0.2, 0) is 10.8 Å². The fraction of sp³-hybridized carbons (Fsp3) is 0.111. The number of hydrogen-bond acceptors (Lipinski definition) is 1. The van der Waals surface area contributed by atoms with E-state index in [4.69, 9.17) is 0 Å². The molecule has 1 spiro atoms. The molecule has 0 radical (unpaired) electrons. The van der Waals surface area contributed by atoms with Crippen molar-refractivity contribution in [2.24, 2.45) is 0 Å². The lowest BCUT2D eigenvalue weighted by Gasteiger charge is -2.33. The van der Waals surface area contributed by atoms with Gasteiger partial charge in [-0.25, -0.2) is 0 Å². The molecule has 0 amide bonds. The van der Waals surface area contributed by atoms with Crippen molar-refractivity contribution in [3.8, 4) is 44.5 Å². The van der Waals surface area contributed by atoms with E-state index < -0.39 is 5.41 Å². The quantitative estimate of drug-likeness (QED) is 0.176. The van der Waals surface area contributed by atoms with E-state index in [-0.39, 0.29) is 5.41 Å². The molecule has 262 valence electrons. The van der Waals surface area contributed by atoms with E-state index in [1.807, 2.05) is 0 Å². The van der Waals surface area contributed by atoms with Crippen LogP contribution in [0.4, 0.5) is 17.1 Å². The van der Waals surface area contributed by atoms with Crippen LogP contribution in [0, 0.1) is 13.8 Å². The van der Waals surface area contributed by atoms with Crippen LogP contribution in [0.5, 0.6) is 0 Å². The average Bonchev–Trinajstić information content (AvgIpc) is 3.76. The summed E-state index contributed by atoms with van der Waals surface area (Å²) in [5.74, 6) is 0. The molecule has 8 aromatic carbocycles. The zero-order valence-electron chi connectivity index (χ0n) is 31.7. The first-order chi connectivity index (χ1) is 26.9. The summed E-state index contributed by atoms with van der Waals surface area (Å²) in [6.07, 6.45) is 0. The van der Waals surface area contributed by atoms with Gasteiger partial charge in [-0.2, -0.15) is 0 Å². The highest BCUT2D eigenvalue weighted by atomic mass is 15.1. The zero-order valence-corrected chi connectivity index (χ0v) is 31.7. The lowest BCUT2D eigenvalue weighted by molar-refractivity contribution is 0.660. The number of benzene rings is 8. The summed E-state index contributed by atoms with van der Waals surface area (Å²) in [7, 11) is 0. The predicted molar refractivity (Wildman–Crippen MR) is 230 cm³/mol. The van der Waals surface area contributed by atoms with Crippen LogP contribution in [0.1, 0.15) is 58.4 Å². The molecule has 11 rings (SSSR count). The Bertz CT molecular complexity index is 2800. The second-order valence-electron chi connectivity index (χ2n) is 16.2. The minimum absolute atomic E-state index is 0.123. The second-order valence-corrected chi connectivity index (χ2v) is 16.2. The molecule has 0 aliphatic heterocycles. The number of aryl methyl sites for hydroxylation is 2. The molecule has 0 saturated heterocycles. The Morgan fingerprint density at radius 3 is 1.29 bits per heavy atom. The molecule has 0 saturated carbocycles. The Morgan fingerprint density at radius 1 is 0.345 bits per heavy atom. The molecule has 0 unspecified atom stereocenters. The first-order valence-electron chi connectivity index (χ1n) is 19.5. The Balaban J connectivity index is 1.20. The van der Waals surface area contributed by atoms with E-state index in [1.165, 1.54) is 89.0 Å². The lowest BCUT2D eigenvalue weighted by Crippen LogP contribution is -2.26. The maximum Gasteiger partial charge on any atom is 0.0726 e. The van der Waals surface area contributed by atoms with Gasteiger partial charge in [-0.15, -0.1) is 0 Å². The third kappa shape index (κ3) is 4.36. The second kappa shape index (κ2) is 11.5. The Labute approximate surface area is 324 Å². The standard InChI is InChI=1S/C54H41N/c1-34-29-35(2)31-36(30-34)39-15-9-14-24-52(39)55(37-25-27-44-40-16-5-10-20-46(40)53(3,4)50(44)32-37)38-26-28-45-43-19-8-13-23-49(43)54(51(45)33-38)47-21-11-6-17-41(47)42-18-7-12-22-48(42)54/h5-33H,1-4H3. The molecule has 0 fully saturated rings. The topological polar surface area (TPSA) is 3.24 Å². The van der Waals surface area contributed by atoms with Crippen molar-refractivity contribution in [1.82, 2.24) is 0 Å². The van der Waals surface area contributed by atoms with Crippen LogP contribution in [-0.4, -0.2) is 0 Å². The third-order valence-electron chi connectivity index (χ3n) is 12.7. The minimum atomic E-state index is -0.421. The number of fused-ring (bicyclic) bond motifs is 13. The van der Waals surface area contributed by atoms with Gasteiger partial charge in [0.25, 0.3) is 0 Å². The Hall–Kier alpha value is -6.44. The van der Waals surface area contributed by atoms with Crippen molar-refractivity contribution in [2.45, 2.75) is 38.5 Å². The van der Waals surface area contributed by atoms with Gasteiger partial charge >= 0.3 is 0 Å². The van der Waals surface area contributed by atoms with Crippen LogP contribution in [0.3, 0.4) is 0 Å². The molecule has 8 aromatic rings. The van der Waals surface area contributed by atoms with E-state index in [1.54, 1.807) is 0 Å². The van der Waals surface area contributed by atoms with Gasteiger partial charge in [-0.05, 0) is 117 Å². The third-order valence-corrected chi connectivity index (χ3v) is 12.7. The summed E-state index contributed by atoms with van der Waals surface area (Å²) in [6.45, 7) is 9.15. The van der Waals surface area contributed by atoms with Crippen LogP contribution < -0.4 is 4.90 Å². The maximum absolute atomic E-state index is 2.52. The van der Waals surface area contributed by atoms with E-state index in [9.17, 15) is 0 Å². The van der Waals surface area contributed by atoms with Crippen LogP contribution in [0.15, 0.2) is 176 Å². The number of hydrogen-bond donors (Lipinski definition) is 0. The van der Waals surface area contributed by atoms with Gasteiger partial charge in [0.15, 0.2) is 0 Å². The highest BCUT2D eigenvalue weighted by Crippen LogP contribution is 2.63. The summed E-state index contributed by atoms with van der Waals surface area (Å²) in [4.78, 5) is 2.52. The highest BCUT2D eigenvalue weighted by molar-refractivity contribution is 5.97. The van der Waals surface area contributed by atoms with E-state index >= 15 is 0 Å². The molecule has 0 aromatic heterocycles. The normalized spacial score (nSPS) is 14.5. The van der Waals surface area contributed by atoms with Gasteiger partial charge in [0, 0.05) is 22.4 Å². The van der Waals surface area contributed by atoms with Crippen molar-refractivity contribution < 1.29 is 0 Å². The summed E-state index contributed by atoms with van der Waals surface area (Å²) in [5.41, 5.74) is 24.0. The van der Waals surface area contributed by atoms with Crippen LogP contribution >= 0.6 is 0 Å². The van der Waals surface area contributed by atoms with E-state index in [0.29, 0.717) is 0 Å². The smallest absolute Gasteiger partial charge is 0.0726 e. The highest BCUT2D eigenvalue weighted by Gasteiger charge is 2.51. The SMILES string of the molecule is Cc1cc(C)cc(-c2ccccc2N(c2ccc3c(c2)C(C)(C)c2ccccc2-3)c2ccc3c(c2)C2(c4ccccc4-c4ccccc42)c2ccccc2-3)c1. The largest absolute Gasteiger partial charge is 0.310 e. The summed E-state index contributed by atoms with van der Waals surface area (Å²) >= 11 is 0. The molecule has 0 bridgehead atoms. The number of nitrogens with zero attached hydrogens (tertiary/aromatic N) is 1. The summed E-state index contributed by atoms with van der Waals surface area (Å²) < 4.78 is 0. The van der Waals surface area contributed by atoms with Gasteiger partial charge in [0.05, 0.1) is 11.1 Å². The summed E-state index contributed by atoms with van der Waals surface area (Å²) in [6, 6.07) is 66.5. The molecular weight excluding hydrogens is 663 g/mol. The van der Waals surface area contributed by atoms with Crippen LogP contribution in [0.25, 0.3) is 44.5 Å². The molecule has 1 nitrogen and oxygen atoms in total. The van der Waals surface area contributed by atoms with Crippen molar-refractivity contribution >= 4 is 17.1 Å². The summed E-state index contributed by atoms with van der Waals surface area (Å²) in [5, 5.41) is 0. The Morgan fingerprint density at radius 2 is 0.745 bits per heavy atom. The number of para-hydroxylation sites is 1. The average molecular weight is 704 g/mol. The molecule has 0 heterocycles. The van der Waals surface area contributed by atoms with Gasteiger partial charge < -0.3 is 4.90 Å². The van der Waals surface area contributed by atoms with Gasteiger partial charge in [0.1, 0.15) is 0 Å². The van der Waals surface area contributed by atoms with Crippen molar-refractivity contribution in [3.05, 3.63) is 220 Å². The lowest BCUT2D eigenvalue weighted by atomic mass is 9.70. The molecule has 3 aliphatic carbocycles. The number of anilines is 3. The molecule has 1 heteroatoms. The Kier molecular flexibility index (Phi) is 6.72. The van der Waals surface area contributed by atoms with Crippen molar-refractivity contribution in [1.29, 1.82) is 0 Å². The molecular formula is C54H41N. The van der Waals surface area contributed by atoms with Crippen molar-refractivity contribution in [3.63, 3.8) is 0 Å². The monoisotopic (exact) mass is 703 g/mol. The first-order valence-corrected chi connectivity index (χ1v) is 19.5. The van der Waals surface area contributed by atoms with Crippen molar-refractivity contribution in [2.75, 3.05) is 4.90 Å². The van der Waals surface area contributed by atoms with E-state index in [0.717, 1.165) is 17.1 Å². The molecule has 55 heavy (non-hydrogen) atoms. The number of rotatable bonds is 4. The van der Waals surface area contributed by atoms with Gasteiger partial charge in [-0.3, -0.25) is 0 Å². The first kappa shape index (κ1) is 32.0. The van der Waals surface area contributed by atoms with E-state index in [2.05, 4.69) is 209 Å². The maximum atomic E-state index is 2.52. The van der Waals surface area contributed by atoms with Crippen LogP contribution in [0.2, 0.25) is 0 Å². The van der Waals surface area contributed by atoms with Gasteiger partial charge in [0.2, 0.25) is 0 Å². The fourth-order valence-electron chi connectivity index (χ4n) is 10.5. The molecule has 0 N–H and O–H groups in total.